The number of allylic oxidation sites excluding steroid dienone is 3. The van der Waals surface area contributed by atoms with Crippen LogP contribution in [0.5, 0.6) is 0 Å². The Balaban J connectivity index is 1.98. The number of carbonyl (C=O) groups is 1. The lowest BCUT2D eigenvalue weighted by molar-refractivity contribution is -0.116. The van der Waals surface area contributed by atoms with Crippen LogP contribution in [-0.2, 0) is 4.79 Å². The van der Waals surface area contributed by atoms with E-state index in [1.54, 1.807) is 11.3 Å². The molecule has 2 heterocycles. The van der Waals surface area contributed by atoms with Crippen LogP contribution in [-0.4, -0.2) is 5.78 Å². The highest BCUT2D eigenvalue weighted by Gasteiger charge is 2.40. The molecule has 0 saturated carbocycles. The van der Waals surface area contributed by atoms with Crippen molar-refractivity contribution in [3.05, 3.63) is 74.9 Å². The summed E-state index contributed by atoms with van der Waals surface area (Å²) in [7, 11) is 0. The zero-order valence-electron chi connectivity index (χ0n) is 14.5. The summed E-state index contributed by atoms with van der Waals surface area (Å²) in [5.41, 5.74) is 11.6. The normalized spacial score (nSPS) is 20.2. The van der Waals surface area contributed by atoms with Crippen molar-refractivity contribution < 1.29 is 4.79 Å². The van der Waals surface area contributed by atoms with Crippen molar-refractivity contribution in [1.82, 2.24) is 0 Å². The van der Waals surface area contributed by atoms with E-state index in [4.69, 9.17) is 5.73 Å². The van der Waals surface area contributed by atoms with E-state index in [9.17, 15) is 10.1 Å². The second kappa shape index (κ2) is 6.47. The van der Waals surface area contributed by atoms with Gasteiger partial charge in [-0.15, -0.1) is 0 Å². The number of Topliss-reactive ketones (excluding diaryl/α,β-unsaturated/α-hetero) is 1. The first-order chi connectivity index (χ1) is 12.6. The average Bonchev–Trinajstić information content (AvgIpc) is 3.15. The third-order valence-electron chi connectivity index (χ3n) is 5.05. The topological polar surface area (TPSA) is 70.1 Å². The van der Waals surface area contributed by atoms with Gasteiger partial charge in [-0.05, 0) is 59.9 Å². The van der Waals surface area contributed by atoms with E-state index in [1.165, 1.54) is 0 Å². The van der Waals surface area contributed by atoms with E-state index < -0.39 is 0 Å². The Bertz CT molecular complexity index is 979. The molecular formula is C21H19N3OS. The van der Waals surface area contributed by atoms with Crippen LogP contribution in [0.3, 0.4) is 0 Å². The molecule has 4 nitrogen and oxygen atoms in total. The summed E-state index contributed by atoms with van der Waals surface area (Å²) in [5, 5.41) is 13.9. The van der Waals surface area contributed by atoms with Crippen molar-refractivity contribution in [2.75, 3.05) is 4.90 Å². The average molecular weight is 361 g/mol. The number of anilines is 1. The zero-order valence-corrected chi connectivity index (χ0v) is 15.3. The van der Waals surface area contributed by atoms with Gasteiger partial charge >= 0.3 is 0 Å². The first-order valence-corrected chi connectivity index (χ1v) is 9.61. The molecule has 0 saturated heterocycles. The van der Waals surface area contributed by atoms with Crippen LogP contribution in [0.4, 0.5) is 5.69 Å². The quantitative estimate of drug-likeness (QED) is 0.863. The van der Waals surface area contributed by atoms with Crippen molar-refractivity contribution in [3.8, 4) is 6.07 Å². The van der Waals surface area contributed by atoms with Gasteiger partial charge in [0.15, 0.2) is 5.78 Å². The summed E-state index contributed by atoms with van der Waals surface area (Å²) in [5.74, 6) is 0.207. The minimum absolute atomic E-state index is 0.125. The SMILES string of the molecule is Cc1cccc(N2C(N)=C(C#N)C(c3ccsc3)C3=C2CCCC3=O)c1. The smallest absolute Gasteiger partial charge is 0.161 e. The van der Waals surface area contributed by atoms with Crippen molar-refractivity contribution >= 4 is 22.8 Å². The second-order valence-electron chi connectivity index (χ2n) is 6.71. The van der Waals surface area contributed by atoms with Gasteiger partial charge in [0, 0.05) is 23.4 Å². The van der Waals surface area contributed by atoms with Gasteiger partial charge in [0.1, 0.15) is 5.82 Å². The third kappa shape index (κ3) is 2.54. The molecular weight excluding hydrogens is 342 g/mol. The van der Waals surface area contributed by atoms with Crippen LogP contribution in [0.25, 0.3) is 0 Å². The molecule has 0 bridgehead atoms. The lowest BCUT2D eigenvalue weighted by Crippen LogP contribution is -2.38. The number of aryl methyl sites for hydroxylation is 1. The Kier molecular flexibility index (Phi) is 4.14. The highest BCUT2D eigenvalue weighted by atomic mass is 32.1. The van der Waals surface area contributed by atoms with Crippen LogP contribution >= 0.6 is 11.3 Å². The largest absolute Gasteiger partial charge is 0.384 e. The minimum atomic E-state index is -0.352. The van der Waals surface area contributed by atoms with Crippen molar-refractivity contribution in [2.45, 2.75) is 32.1 Å². The molecule has 1 atom stereocenters. The molecule has 4 rings (SSSR count). The van der Waals surface area contributed by atoms with Crippen LogP contribution < -0.4 is 10.6 Å². The molecule has 1 aromatic heterocycles. The molecule has 5 heteroatoms. The number of hydrogen-bond acceptors (Lipinski definition) is 5. The van der Waals surface area contributed by atoms with Gasteiger partial charge in [-0.3, -0.25) is 9.69 Å². The highest BCUT2D eigenvalue weighted by molar-refractivity contribution is 7.08. The number of thiophene rings is 1. The number of ketones is 1. The summed E-state index contributed by atoms with van der Waals surface area (Å²) in [6.07, 6.45) is 2.13. The predicted octanol–water partition coefficient (Wildman–Crippen LogP) is 4.36. The number of benzene rings is 1. The van der Waals surface area contributed by atoms with Gasteiger partial charge in [-0.25, -0.2) is 0 Å². The molecule has 26 heavy (non-hydrogen) atoms. The zero-order chi connectivity index (χ0) is 18.3. The van der Waals surface area contributed by atoms with E-state index in [0.717, 1.165) is 40.9 Å². The minimum Gasteiger partial charge on any atom is -0.384 e. The fourth-order valence-corrected chi connectivity index (χ4v) is 4.61. The predicted molar refractivity (Wildman–Crippen MR) is 103 cm³/mol. The highest BCUT2D eigenvalue weighted by Crippen LogP contribution is 2.46. The molecule has 2 N–H and O–H groups in total. The molecule has 1 aromatic carbocycles. The number of nitriles is 1. The Morgan fingerprint density at radius 1 is 1.31 bits per heavy atom. The molecule has 1 aliphatic heterocycles. The van der Waals surface area contributed by atoms with Gasteiger partial charge in [0.25, 0.3) is 0 Å². The second-order valence-corrected chi connectivity index (χ2v) is 7.49. The van der Waals surface area contributed by atoms with Gasteiger partial charge in [-0.1, -0.05) is 12.1 Å². The molecule has 0 amide bonds. The van der Waals surface area contributed by atoms with E-state index in [-0.39, 0.29) is 11.7 Å². The summed E-state index contributed by atoms with van der Waals surface area (Å²) in [4.78, 5) is 14.8. The molecule has 2 aliphatic rings. The van der Waals surface area contributed by atoms with Crippen LogP contribution in [0.2, 0.25) is 0 Å². The number of hydrogen-bond donors (Lipinski definition) is 1. The van der Waals surface area contributed by atoms with Gasteiger partial charge < -0.3 is 5.73 Å². The standard InChI is InChI=1S/C21H19N3OS/c1-13-4-2-5-15(10-13)24-17-6-3-7-18(25)20(17)19(14-8-9-26-12-14)16(11-22)21(24)23/h2,4-5,8-10,12,19H,3,6-7,23H2,1H3. The molecule has 130 valence electrons. The van der Waals surface area contributed by atoms with E-state index >= 15 is 0 Å². The Labute approximate surface area is 156 Å². The molecule has 0 fully saturated rings. The maximum absolute atomic E-state index is 12.9. The molecule has 0 spiro atoms. The molecule has 2 aromatic rings. The molecule has 0 radical (unpaired) electrons. The Morgan fingerprint density at radius 2 is 2.15 bits per heavy atom. The monoisotopic (exact) mass is 361 g/mol. The van der Waals surface area contributed by atoms with Crippen LogP contribution in [0.1, 0.15) is 36.3 Å². The lowest BCUT2D eigenvalue weighted by Gasteiger charge is -2.39. The summed E-state index contributed by atoms with van der Waals surface area (Å²) >= 11 is 1.57. The lowest BCUT2D eigenvalue weighted by atomic mass is 9.76. The molecule has 1 aliphatic carbocycles. The van der Waals surface area contributed by atoms with Gasteiger partial charge in [0.05, 0.1) is 17.6 Å². The fraction of sp³-hybridized carbons (Fsp3) is 0.238. The fourth-order valence-electron chi connectivity index (χ4n) is 3.92. The van der Waals surface area contributed by atoms with Crippen molar-refractivity contribution in [1.29, 1.82) is 5.26 Å². The number of nitrogens with zero attached hydrogens (tertiary/aromatic N) is 2. The first-order valence-electron chi connectivity index (χ1n) is 8.66. The van der Waals surface area contributed by atoms with Crippen molar-refractivity contribution in [3.63, 3.8) is 0 Å². The van der Waals surface area contributed by atoms with Crippen LogP contribution in [0, 0.1) is 18.3 Å². The third-order valence-corrected chi connectivity index (χ3v) is 5.75. The summed E-state index contributed by atoms with van der Waals surface area (Å²) < 4.78 is 0. The van der Waals surface area contributed by atoms with E-state index in [1.807, 2.05) is 52.9 Å². The van der Waals surface area contributed by atoms with E-state index in [0.29, 0.717) is 17.8 Å². The van der Waals surface area contributed by atoms with Gasteiger partial charge in [-0.2, -0.15) is 16.6 Å². The van der Waals surface area contributed by atoms with E-state index in [2.05, 4.69) is 6.07 Å². The van der Waals surface area contributed by atoms with Gasteiger partial charge in [0.2, 0.25) is 0 Å². The summed E-state index contributed by atoms with van der Waals surface area (Å²) in [6.45, 7) is 2.02. The maximum Gasteiger partial charge on any atom is 0.161 e. The Morgan fingerprint density at radius 3 is 2.85 bits per heavy atom. The van der Waals surface area contributed by atoms with Crippen LogP contribution in [0.15, 0.2) is 63.8 Å². The van der Waals surface area contributed by atoms with Crippen molar-refractivity contribution in [2.24, 2.45) is 5.73 Å². The summed E-state index contributed by atoms with van der Waals surface area (Å²) in [6, 6.07) is 12.3. The first kappa shape index (κ1) is 16.6. The maximum atomic E-state index is 12.9. The molecule has 1 unspecified atom stereocenters. The number of carbonyl (C=O) groups excluding carboxylic acids is 1. The number of rotatable bonds is 2. The number of nitrogens with two attached hydrogens (primary N) is 1. The Hall–Kier alpha value is -2.84.